The molecule has 1 spiro atoms. The van der Waals surface area contributed by atoms with E-state index in [2.05, 4.69) is 10.3 Å². The van der Waals surface area contributed by atoms with Crippen LogP contribution >= 0.6 is 11.3 Å². The maximum absolute atomic E-state index is 13.1. The van der Waals surface area contributed by atoms with Gasteiger partial charge in [0.2, 0.25) is 11.8 Å². The van der Waals surface area contributed by atoms with Crippen molar-refractivity contribution in [2.45, 2.75) is 24.8 Å². The molecule has 0 radical (unpaired) electrons. The molecule has 2 aromatic heterocycles. The van der Waals surface area contributed by atoms with E-state index in [1.807, 2.05) is 41.8 Å². The van der Waals surface area contributed by atoms with Crippen molar-refractivity contribution in [3.63, 3.8) is 0 Å². The molecule has 138 valence electrons. The molecule has 7 heteroatoms. The van der Waals surface area contributed by atoms with E-state index in [1.54, 1.807) is 28.6 Å². The quantitative estimate of drug-likeness (QED) is 0.801. The third-order valence-electron chi connectivity index (χ3n) is 5.59. The summed E-state index contributed by atoms with van der Waals surface area (Å²) in [7, 11) is 0. The monoisotopic (exact) mass is 381 g/mol. The minimum absolute atomic E-state index is 0.0121. The Morgan fingerprint density at radius 2 is 2.33 bits per heavy atom. The number of nitrogens with zero attached hydrogens (tertiary/aromatic N) is 2. The normalized spacial score (nSPS) is 30.7. The molecule has 2 aromatic rings. The first-order valence-electron chi connectivity index (χ1n) is 9.01. The molecule has 2 saturated heterocycles. The van der Waals surface area contributed by atoms with Gasteiger partial charge in [0.1, 0.15) is 5.60 Å². The van der Waals surface area contributed by atoms with Crippen LogP contribution in [0.4, 0.5) is 0 Å². The number of pyridine rings is 1. The summed E-state index contributed by atoms with van der Waals surface area (Å²) in [5.41, 5.74) is 0.300. The predicted molar refractivity (Wildman–Crippen MR) is 99.5 cm³/mol. The number of fused-ring (bicyclic) bond motifs is 1. The maximum atomic E-state index is 13.1. The zero-order chi connectivity index (χ0) is 18.4. The summed E-state index contributed by atoms with van der Waals surface area (Å²) in [6.07, 6.45) is 7.07. The standard InChI is InChI=1S/C20H19N3O3S/c24-18(22-10-14-4-2-8-27-14)16-15-5-6-20(26-15)12-23(19(25)17(16)20)11-13-3-1-7-21-9-13/h1-9,15-17H,10-12H2,(H,22,24)/t15-,16+,17-,20-/m1/s1. The van der Waals surface area contributed by atoms with Crippen LogP contribution in [0.2, 0.25) is 0 Å². The number of thiophene rings is 1. The number of hydrogen-bond donors (Lipinski definition) is 1. The zero-order valence-corrected chi connectivity index (χ0v) is 15.4. The van der Waals surface area contributed by atoms with Crippen molar-refractivity contribution in [2.75, 3.05) is 6.54 Å². The molecular formula is C20H19N3O3S. The van der Waals surface area contributed by atoms with E-state index in [0.717, 1.165) is 10.4 Å². The van der Waals surface area contributed by atoms with Crippen LogP contribution < -0.4 is 5.32 Å². The minimum atomic E-state index is -0.672. The molecule has 0 unspecified atom stereocenters. The van der Waals surface area contributed by atoms with Crippen LogP contribution in [0.15, 0.2) is 54.2 Å². The first-order valence-corrected chi connectivity index (χ1v) is 9.89. The lowest BCUT2D eigenvalue weighted by Crippen LogP contribution is -2.43. The summed E-state index contributed by atoms with van der Waals surface area (Å²) in [6, 6.07) is 7.75. The Morgan fingerprint density at radius 3 is 3.11 bits per heavy atom. The van der Waals surface area contributed by atoms with Gasteiger partial charge in [0.25, 0.3) is 0 Å². The first kappa shape index (κ1) is 16.6. The molecule has 3 aliphatic rings. The van der Waals surface area contributed by atoms with Crippen molar-refractivity contribution in [1.82, 2.24) is 15.2 Å². The highest BCUT2D eigenvalue weighted by Crippen LogP contribution is 2.52. The Balaban J connectivity index is 1.34. The number of amides is 2. The fourth-order valence-corrected chi connectivity index (χ4v) is 5.07. The molecule has 3 aliphatic heterocycles. The molecule has 1 N–H and O–H groups in total. The Morgan fingerprint density at radius 1 is 1.41 bits per heavy atom. The molecule has 2 bridgehead atoms. The summed E-state index contributed by atoms with van der Waals surface area (Å²) in [4.78, 5) is 33.0. The smallest absolute Gasteiger partial charge is 0.230 e. The highest BCUT2D eigenvalue weighted by Gasteiger charge is 2.66. The summed E-state index contributed by atoms with van der Waals surface area (Å²) < 4.78 is 6.15. The molecule has 4 atom stereocenters. The second-order valence-electron chi connectivity index (χ2n) is 7.25. The van der Waals surface area contributed by atoms with Crippen LogP contribution in [-0.2, 0) is 27.4 Å². The van der Waals surface area contributed by atoms with E-state index in [0.29, 0.717) is 19.6 Å². The number of ether oxygens (including phenoxy) is 1. The van der Waals surface area contributed by atoms with Gasteiger partial charge in [-0.05, 0) is 23.1 Å². The van der Waals surface area contributed by atoms with Crippen LogP contribution in [0.1, 0.15) is 10.4 Å². The summed E-state index contributed by atoms with van der Waals surface area (Å²) in [5, 5.41) is 4.97. The van der Waals surface area contributed by atoms with Crippen molar-refractivity contribution in [3.05, 3.63) is 64.6 Å². The van der Waals surface area contributed by atoms with Crippen molar-refractivity contribution in [2.24, 2.45) is 11.8 Å². The van der Waals surface area contributed by atoms with E-state index in [-0.39, 0.29) is 17.9 Å². The van der Waals surface area contributed by atoms with Crippen LogP contribution in [0.5, 0.6) is 0 Å². The van der Waals surface area contributed by atoms with Crippen LogP contribution in [0.3, 0.4) is 0 Å². The van der Waals surface area contributed by atoms with Crippen LogP contribution in [-0.4, -0.2) is 39.9 Å². The first-order chi connectivity index (χ1) is 13.2. The number of likely N-dealkylation sites (tertiary alicyclic amines) is 1. The molecular weight excluding hydrogens is 362 g/mol. The third-order valence-corrected chi connectivity index (χ3v) is 6.47. The molecule has 0 aliphatic carbocycles. The second kappa shape index (κ2) is 6.28. The summed E-state index contributed by atoms with van der Waals surface area (Å²) >= 11 is 1.60. The number of hydrogen-bond acceptors (Lipinski definition) is 5. The van der Waals surface area contributed by atoms with Gasteiger partial charge in [-0.15, -0.1) is 11.3 Å². The number of carbonyl (C=O) groups excluding carboxylic acids is 2. The number of rotatable bonds is 5. The zero-order valence-electron chi connectivity index (χ0n) is 14.6. The lowest BCUT2D eigenvalue weighted by molar-refractivity contribution is -0.137. The van der Waals surface area contributed by atoms with E-state index < -0.39 is 17.4 Å². The van der Waals surface area contributed by atoms with Crippen molar-refractivity contribution in [1.29, 1.82) is 0 Å². The minimum Gasteiger partial charge on any atom is -0.360 e. The molecule has 0 saturated carbocycles. The molecule has 5 rings (SSSR count). The van der Waals surface area contributed by atoms with Gasteiger partial charge < -0.3 is 15.0 Å². The molecule has 6 nitrogen and oxygen atoms in total. The maximum Gasteiger partial charge on any atom is 0.230 e. The van der Waals surface area contributed by atoms with Crippen molar-refractivity contribution in [3.8, 4) is 0 Å². The average Bonchev–Trinajstić information content (AvgIpc) is 3.44. The van der Waals surface area contributed by atoms with E-state index in [1.165, 1.54) is 0 Å². The Bertz CT molecular complexity index is 898. The lowest BCUT2D eigenvalue weighted by atomic mass is 9.77. The largest absolute Gasteiger partial charge is 0.360 e. The van der Waals surface area contributed by atoms with E-state index >= 15 is 0 Å². The third kappa shape index (κ3) is 2.69. The molecule has 5 heterocycles. The van der Waals surface area contributed by atoms with E-state index in [4.69, 9.17) is 4.74 Å². The van der Waals surface area contributed by atoms with Gasteiger partial charge in [-0.3, -0.25) is 14.6 Å². The molecule has 2 amide bonds. The highest BCUT2D eigenvalue weighted by atomic mass is 32.1. The van der Waals surface area contributed by atoms with Crippen LogP contribution in [0, 0.1) is 11.8 Å². The predicted octanol–water partition coefficient (Wildman–Crippen LogP) is 1.74. The highest BCUT2D eigenvalue weighted by molar-refractivity contribution is 7.09. The van der Waals surface area contributed by atoms with Crippen LogP contribution in [0.25, 0.3) is 0 Å². The molecule has 2 fully saturated rings. The lowest BCUT2D eigenvalue weighted by Gasteiger charge is -2.23. The Kier molecular flexibility index (Phi) is 3.87. The second-order valence-corrected chi connectivity index (χ2v) is 8.28. The SMILES string of the molecule is O=C(NCc1cccs1)[C@H]1[C@H]2C=C[C@]3(CN(Cc4cccnc4)C(=O)[C@@H]13)O2. The number of aromatic nitrogens is 1. The van der Waals surface area contributed by atoms with Gasteiger partial charge in [-0.1, -0.05) is 24.3 Å². The van der Waals surface area contributed by atoms with E-state index in [9.17, 15) is 9.59 Å². The van der Waals surface area contributed by atoms with Gasteiger partial charge >= 0.3 is 0 Å². The van der Waals surface area contributed by atoms with Gasteiger partial charge in [-0.25, -0.2) is 0 Å². The fourth-order valence-electron chi connectivity index (χ4n) is 4.43. The van der Waals surface area contributed by atoms with Gasteiger partial charge in [0.15, 0.2) is 0 Å². The fraction of sp³-hybridized carbons (Fsp3) is 0.350. The summed E-state index contributed by atoms with van der Waals surface area (Å²) in [6.45, 7) is 1.44. The van der Waals surface area contributed by atoms with Gasteiger partial charge in [-0.2, -0.15) is 0 Å². The Labute approximate surface area is 160 Å². The number of carbonyl (C=O) groups is 2. The summed E-state index contributed by atoms with van der Waals surface area (Å²) in [5.74, 6) is -1.04. The van der Waals surface area contributed by atoms with Gasteiger partial charge in [0.05, 0.1) is 31.0 Å². The topological polar surface area (TPSA) is 71.5 Å². The van der Waals surface area contributed by atoms with Crippen molar-refractivity contribution >= 4 is 23.2 Å². The van der Waals surface area contributed by atoms with Gasteiger partial charge in [0, 0.05) is 23.8 Å². The Hall–Kier alpha value is -2.51. The number of nitrogens with one attached hydrogen (secondary N) is 1. The molecule has 27 heavy (non-hydrogen) atoms. The molecule has 0 aromatic carbocycles. The van der Waals surface area contributed by atoms with Crippen molar-refractivity contribution < 1.29 is 14.3 Å². The average molecular weight is 381 g/mol.